The molecule has 35 heavy (non-hydrogen) atoms. The molecule has 2 fully saturated rings. The standard InChI is InChI=1S/C25H32N4O5S/c1-19(25(30)26-21-5-7-22(8-6-21)35(31,32)29-10-2-3-11-29)28-14-12-27(13-15-28)17-20-4-9-23-24(16-20)34-18-33-23/h4-9,16,19H,2-3,10-15,17-18H2,1H3,(H,26,30)/t19-/m0/s1. The first kappa shape index (κ1) is 24.1. The van der Waals surface area contributed by atoms with Gasteiger partial charge in [0.25, 0.3) is 0 Å². The maximum absolute atomic E-state index is 12.9. The molecule has 2 aromatic carbocycles. The molecule has 9 nitrogen and oxygen atoms in total. The van der Waals surface area contributed by atoms with Gasteiger partial charge in [-0.25, -0.2) is 8.42 Å². The zero-order chi connectivity index (χ0) is 24.4. The monoisotopic (exact) mass is 500 g/mol. The van der Waals surface area contributed by atoms with E-state index in [4.69, 9.17) is 9.47 Å². The number of anilines is 1. The molecule has 1 N–H and O–H groups in total. The molecular formula is C25H32N4O5S. The van der Waals surface area contributed by atoms with Crippen molar-refractivity contribution in [2.45, 2.75) is 37.2 Å². The van der Waals surface area contributed by atoms with Crippen LogP contribution >= 0.6 is 0 Å². The highest BCUT2D eigenvalue weighted by Gasteiger charge is 2.28. The maximum atomic E-state index is 12.9. The third kappa shape index (κ3) is 5.30. The third-order valence-corrected chi connectivity index (χ3v) is 8.91. The Morgan fingerprint density at radius 2 is 1.63 bits per heavy atom. The van der Waals surface area contributed by atoms with Crippen LogP contribution < -0.4 is 14.8 Å². The largest absolute Gasteiger partial charge is 0.454 e. The Kier molecular flexibility index (Phi) is 6.97. The summed E-state index contributed by atoms with van der Waals surface area (Å²) in [5.41, 5.74) is 1.78. The van der Waals surface area contributed by atoms with Crippen molar-refractivity contribution in [1.82, 2.24) is 14.1 Å². The number of rotatable bonds is 7. The number of sulfonamides is 1. The second-order valence-corrected chi connectivity index (χ2v) is 11.2. The van der Waals surface area contributed by atoms with Crippen molar-refractivity contribution in [3.8, 4) is 11.5 Å². The van der Waals surface area contributed by atoms with Crippen molar-refractivity contribution in [3.63, 3.8) is 0 Å². The Labute approximate surface area is 206 Å². The fraction of sp³-hybridized carbons (Fsp3) is 0.480. The number of hydrogen-bond acceptors (Lipinski definition) is 7. The number of carbonyl (C=O) groups excluding carboxylic acids is 1. The van der Waals surface area contributed by atoms with Crippen LogP contribution in [0.25, 0.3) is 0 Å². The Hall–Kier alpha value is -2.66. The molecule has 1 atom stereocenters. The molecule has 188 valence electrons. The second-order valence-electron chi connectivity index (χ2n) is 9.30. The maximum Gasteiger partial charge on any atom is 0.243 e. The molecule has 3 aliphatic heterocycles. The van der Waals surface area contributed by atoms with Crippen LogP contribution in [-0.4, -0.2) is 80.5 Å². The Bertz CT molecular complexity index is 1160. The van der Waals surface area contributed by atoms with Gasteiger partial charge in [0.2, 0.25) is 22.7 Å². The zero-order valence-electron chi connectivity index (χ0n) is 20.0. The van der Waals surface area contributed by atoms with Gasteiger partial charge in [-0.3, -0.25) is 14.6 Å². The van der Waals surface area contributed by atoms with Crippen molar-refractivity contribution < 1.29 is 22.7 Å². The average Bonchev–Trinajstić information content (AvgIpc) is 3.57. The summed E-state index contributed by atoms with van der Waals surface area (Å²) in [7, 11) is -3.45. The van der Waals surface area contributed by atoms with E-state index >= 15 is 0 Å². The minimum atomic E-state index is -3.45. The molecule has 5 rings (SSSR count). The van der Waals surface area contributed by atoms with E-state index in [0.29, 0.717) is 18.8 Å². The molecule has 1 amide bonds. The number of benzene rings is 2. The van der Waals surface area contributed by atoms with Crippen molar-refractivity contribution >= 4 is 21.6 Å². The van der Waals surface area contributed by atoms with E-state index in [1.807, 2.05) is 19.1 Å². The van der Waals surface area contributed by atoms with E-state index in [0.717, 1.165) is 57.1 Å². The molecule has 0 saturated carbocycles. The van der Waals surface area contributed by atoms with Gasteiger partial charge in [-0.1, -0.05) is 6.07 Å². The average molecular weight is 501 g/mol. The summed E-state index contributed by atoms with van der Waals surface area (Å²) in [5, 5.41) is 2.93. The molecule has 0 spiro atoms. The number of hydrogen-bond donors (Lipinski definition) is 1. The highest BCUT2D eigenvalue weighted by Crippen LogP contribution is 2.33. The van der Waals surface area contributed by atoms with E-state index in [-0.39, 0.29) is 23.6 Å². The van der Waals surface area contributed by atoms with E-state index in [1.54, 1.807) is 24.3 Å². The van der Waals surface area contributed by atoms with E-state index < -0.39 is 10.0 Å². The van der Waals surface area contributed by atoms with Gasteiger partial charge in [0.15, 0.2) is 11.5 Å². The summed E-state index contributed by atoms with van der Waals surface area (Å²) in [6.07, 6.45) is 1.80. The molecule has 0 radical (unpaired) electrons. The molecule has 10 heteroatoms. The van der Waals surface area contributed by atoms with Crippen LogP contribution in [0.15, 0.2) is 47.4 Å². The smallest absolute Gasteiger partial charge is 0.243 e. The van der Waals surface area contributed by atoms with Crippen LogP contribution in [0, 0.1) is 0 Å². The van der Waals surface area contributed by atoms with Gasteiger partial charge in [-0.05, 0) is 61.7 Å². The quantitative estimate of drug-likeness (QED) is 0.624. The van der Waals surface area contributed by atoms with Crippen molar-refractivity contribution in [1.29, 1.82) is 0 Å². The summed E-state index contributed by atoms with van der Waals surface area (Å²) < 4.78 is 37.8. The molecule has 3 heterocycles. The number of fused-ring (bicyclic) bond motifs is 1. The van der Waals surface area contributed by atoms with Crippen LogP contribution in [0.1, 0.15) is 25.3 Å². The number of ether oxygens (including phenoxy) is 2. The van der Waals surface area contributed by atoms with Gasteiger partial charge in [0.05, 0.1) is 10.9 Å². The lowest BCUT2D eigenvalue weighted by Crippen LogP contribution is -2.52. The van der Waals surface area contributed by atoms with Crippen LogP contribution in [0.4, 0.5) is 5.69 Å². The van der Waals surface area contributed by atoms with Gasteiger partial charge in [0.1, 0.15) is 0 Å². The van der Waals surface area contributed by atoms with Gasteiger partial charge in [-0.15, -0.1) is 0 Å². The molecule has 3 aliphatic rings. The lowest BCUT2D eigenvalue weighted by atomic mass is 10.1. The number of carbonyl (C=O) groups is 1. The van der Waals surface area contributed by atoms with Crippen molar-refractivity contribution in [3.05, 3.63) is 48.0 Å². The van der Waals surface area contributed by atoms with Crippen LogP contribution in [0.3, 0.4) is 0 Å². The lowest BCUT2D eigenvalue weighted by Gasteiger charge is -2.37. The molecule has 0 bridgehead atoms. The van der Waals surface area contributed by atoms with E-state index in [1.165, 1.54) is 9.87 Å². The first-order valence-corrected chi connectivity index (χ1v) is 13.6. The summed E-state index contributed by atoms with van der Waals surface area (Å²) >= 11 is 0. The zero-order valence-corrected chi connectivity index (χ0v) is 20.8. The summed E-state index contributed by atoms with van der Waals surface area (Å²) in [4.78, 5) is 17.7. The minimum absolute atomic E-state index is 0.0932. The van der Waals surface area contributed by atoms with Gasteiger partial charge < -0.3 is 14.8 Å². The fourth-order valence-corrected chi connectivity index (χ4v) is 6.32. The second kappa shape index (κ2) is 10.1. The Balaban J connectivity index is 1.11. The number of nitrogens with one attached hydrogen (secondary N) is 1. The first-order valence-electron chi connectivity index (χ1n) is 12.2. The van der Waals surface area contributed by atoms with Gasteiger partial charge in [-0.2, -0.15) is 4.31 Å². The van der Waals surface area contributed by atoms with E-state index in [2.05, 4.69) is 21.2 Å². The van der Waals surface area contributed by atoms with E-state index in [9.17, 15) is 13.2 Å². The minimum Gasteiger partial charge on any atom is -0.454 e. The number of piperazine rings is 1. The molecule has 2 aromatic rings. The molecule has 2 saturated heterocycles. The van der Waals surface area contributed by atoms with Crippen molar-refractivity contribution in [2.24, 2.45) is 0 Å². The lowest BCUT2D eigenvalue weighted by molar-refractivity contribution is -0.121. The topological polar surface area (TPSA) is 91.4 Å². The fourth-order valence-electron chi connectivity index (χ4n) is 4.81. The Morgan fingerprint density at radius 1 is 0.943 bits per heavy atom. The predicted octanol–water partition coefficient (Wildman–Crippen LogP) is 2.34. The van der Waals surface area contributed by atoms with Gasteiger partial charge in [0, 0.05) is 51.5 Å². The summed E-state index contributed by atoms with van der Waals surface area (Å²) in [6.45, 7) is 7.50. The predicted molar refractivity (Wildman–Crippen MR) is 132 cm³/mol. The van der Waals surface area contributed by atoms with Crippen LogP contribution in [0.2, 0.25) is 0 Å². The van der Waals surface area contributed by atoms with Crippen molar-refractivity contribution in [2.75, 3.05) is 51.4 Å². The Morgan fingerprint density at radius 3 is 2.34 bits per heavy atom. The SMILES string of the molecule is C[C@@H](C(=O)Nc1ccc(S(=O)(=O)N2CCCC2)cc1)N1CCN(Cc2ccc3c(c2)OCO3)CC1. The highest BCUT2D eigenvalue weighted by molar-refractivity contribution is 7.89. The number of nitrogens with zero attached hydrogens (tertiary/aromatic N) is 3. The highest BCUT2D eigenvalue weighted by atomic mass is 32.2. The molecular weight excluding hydrogens is 468 g/mol. The molecule has 0 aliphatic carbocycles. The molecule has 0 unspecified atom stereocenters. The summed E-state index contributed by atoms with van der Waals surface area (Å²) in [6, 6.07) is 12.2. The van der Waals surface area contributed by atoms with Crippen LogP contribution in [0.5, 0.6) is 11.5 Å². The first-order chi connectivity index (χ1) is 16.9. The number of amides is 1. The summed E-state index contributed by atoms with van der Waals surface area (Å²) in [5.74, 6) is 1.50. The van der Waals surface area contributed by atoms with Gasteiger partial charge >= 0.3 is 0 Å². The third-order valence-electron chi connectivity index (χ3n) is 7.00. The van der Waals surface area contributed by atoms with Crippen LogP contribution in [-0.2, 0) is 21.4 Å². The molecule has 0 aromatic heterocycles. The normalized spacial score (nSPS) is 20.1.